The van der Waals surface area contributed by atoms with Gasteiger partial charge in [-0.2, -0.15) is 0 Å². The Hall–Kier alpha value is -6.88. The van der Waals surface area contributed by atoms with Crippen molar-refractivity contribution in [2.75, 3.05) is 42.7 Å². The molecule has 0 aromatic heterocycles. The van der Waals surface area contributed by atoms with Crippen LogP contribution in [0.3, 0.4) is 0 Å². The average molecular weight is 1030 g/mol. The number of carboxylic acid groups (broad SMARTS) is 1. The van der Waals surface area contributed by atoms with Gasteiger partial charge in [0.1, 0.15) is 34.5 Å². The molecule has 330 valence electrons. The molecule has 0 aliphatic heterocycles. The number of aliphatic imine (C=N–C) groups is 3. The van der Waals surface area contributed by atoms with E-state index in [0.29, 0.717) is 0 Å². The number of nitrogens with zero attached hydrogens (tertiary/aromatic N) is 6. The van der Waals surface area contributed by atoms with Gasteiger partial charge in [0.2, 0.25) is 0 Å². The van der Waals surface area contributed by atoms with Gasteiger partial charge >= 0.3 is 42.1 Å². The Kier molecular flexibility index (Phi) is 28.2. The number of ether oxygens (including phenoxy) is 6. The van der Waals surface area contributed by atoms with Gasteiger partial charge in [0.05, 0.1) is 48.6 Å². The van der Waals surface area contributed by atoms with Crippen LogP contribution in [0.1, 0.15) is 0 Å². The van der Waals surface area contributed by atoms with Gasteiger partial charge in [0, 0.05) is 0 Å². The summed E-state index contributed by atoms with van der Waals surface area (Å²) in [4.78, 5) is 21.9. The van der Waals surface area contributed by atoms with Crippen molar-refractivity contribution < 1.29 is 80.5 Å². The molecule has 0 saturated heterocycles. The molecular weight excluding hydrogens is 980 g/mol. The molecule has 0 aliphatic carbocycles. The van der Waals surface area contributed by atoms with Crippen molar-refractivity contribution in [1.29, 1.82) is 0 Å². The molecule has 0 spiro atoms. The Morgan fingerprint density at radius 2 is 0.578 bits per heavy atom. The van der Waals surface area contributed by atoms with Crippen molar-refractivity contribution >= 4 is 59.1 Å². The van der Waals surface area contributed by atoms with E-state index in [4.69, 9.17) is 38.3 Å². The van der Waals surface area contributed by atoms with E-state index in [-0.39, 0.29) is 42.1 Å². The largest absolute Gasteiger partial charge is 2.00 e. The number of hydrogen-bond donors (Lipinski definition) is 0. The Bertz CT molecular complexity index is 2020. The van der Waals surface area contributed by atoms with E-state index in [1.807, 2.05) is 146 Å². The van der Waals surface area contributed by atoms with E-state index in [1.54, 1.807) is 42.7 Å². The molecule has 0 aliphatic rings. The fourth-order valence-corrected chi connectivity index (χ4v) is 4.50. The van der Waals surface area contributed by atoms with Gasteiger partial charge in [0.25, 0.3) is 0 Å². The summed E-state index contributed by atoms with van der Waals surface area (Å²) in [7, 11) is 9.82. The summed E-state index contributed by atoms with van der Waals surface area (Å²) in [5.74, 6) is 3.64. The van der Waals surface area contributed by atoms with Gasteiger partial charge in [-0.1, -0.05) is 98.4 Å². The zero-order valence-corrected chi connectivity index (χ0v) is 40.2. The summed E-state index contributed by atoms with van der Waals surface area (Å²) in [6.45, 7) is 2.90. The maximum atomic E-state index is 9.14. The summed E-state index contributed by atoms with van der Waals surface area (Å²) < 4.78 is 30.5. The molecule has 64 heavy (non-hydrogen) atoms. The minimum absolute atomic E-state index is 0. The smallest absolute Gasteiger partial charge is 0.545 e. The van der Waals surface area contributed by atoms with Gasteiger partial charge in [-0.15, -0.1) is 0 Å². The van der Waals surface area contributed by atoms with Gasteiger partial charge in [-0.05, 0) is 113 Å². The van der Waals surface area contributed by atoms with Crippen LogP contribution in [-0.2, 0) is 46.9 Å². The van der Waals surface area contributed by atoms with Crippen LogP contribution in [0.25, 0.3) is 16.0 Å². The summed E-state index contributed by atoms with van der Waals surface area (Å²) in [5, 5.41) is 21.9. The van der Waals surface area contributed by atoms with Crippen molar-refractivity contribution in [3.05, 3.63) is 174 Å². The topological polar surface area (TPSA) is 175 Å². The first kappa shape index (κ1) is 55.1. The number of aliphatic carboxylic acids is 1. The van der Waals surface area contributed by atoms with Crippen molar-refractivity contribution in [3.8, 4) is 34.5 Å². The van der Waals surface area contributed by atoms with Gasteiger partial charge in [-0.3, -0.25) is 0 Å². The molecule has 6 rings (SSSR count). The van der Waals surface area contributed by atoms with E-state index in [1.165, 1.54) is 19.0 Å². The molecular formula is C48H48Mo2N6O8. The quantitative estimate of drug-likeness (QED) is 0.0398. The van der Waals surface area contributed by atoms with E-state index in [9.17, 15) is 0 Å². The van der Waals surface area contributed by atoms with Gasteiger partial charge < -0.3 is 69.2 Å². The number of carbonyl (C=O) groups excluding carboxylic acids is 1. The number of rotatable bonds is 16. The monoisotopic (exact) mass is 1030 g/mol. The summed E-state index contributed by atoms with van der Waals surface area (Å²) >= 11 is 0. The molecule has 0 radical (unpaired) electrons. The van der Waals surface area contributed by atoms with Gasteiger partial charge in [-0.25, -0.2) is 0 Å². The third kappa shape index (κ3) is 22.3. The molecule has 0 unspecified atom stereocenters. The van der Waals surface area contributed by atoms with E-state index >= 15 is 0 Å². The first-order chi connectivity index (χ1) is 30.2. The number of benzene rings is 6. The van der Waals surface area contributed by atoms with Gasteiger partial charge in [0.15, 0.2) is 0 Å². The standard InChI is InChI=1S/3C15H15N2O2.C3H4O2.2Mo/c3*1-18-14-7-3-12(4-8-14)16-11-17-13-5-9-15(19-2)10-6-13;1-2-3(4)5;;/h3*3-11H,1-2H3;2H,1H2,(H,4,5);;/q3*-1;;2*+2/p-1. The normalized spacial score (nSPS) is 9.78. The van der Waals surface area contributed by atoms with Crippen molar-refractivity contribution in [2.24, 2.45) is 15.0 Å². The predicted molar refractivity (Wildman–Crippen MR) is 247 cm³/mol. The molecule has 16 heteroatoms. The van der Waals surface area contributed by atoms with Crippen LogP contribution in [0.15, 0.2) is 173 Å². The Morgan fingerprint density at radius 3 is 0.734 bits per heavy atom. The second-order valence-corrected chi connectivity index (χ2v) is 11.8. The average Bonchev–Trinajstić information content (AvgIpc) is 3.33. The Balaban J connectivity index is 0.000000448. The molecule has 0 bridgehead atoms. The van der Waals surface area contributed by atoms with Crippen LogP contribution in [0.4, 0.5) is 34.1 Å². The van der Waals surface area contributed by atoms with Crippen LogP contribution >= 0.6 is 0 Å². The predicted octanol–water partition coefficient (Wildman–Crippen LogP) is 11.1. The minimum Gasteiger partial charge on any atom is -0.545 e. The maximum Gasteiger partial charge on any atom is 2.00 e. The maximum absolute atomic E-state index is 9.14. The summed E-state index contributed by atoms with van der Waals surface area (Å²) in [6.07, 6.45) is 5.32. The molecule has 14 nitrogen and oxygen atoms in total. The number of carbonyl (C=O) groups is 1. The van der Waals surface area contributed by atoms with Crippen molar-refractivity contribution in [3.63, 3.8) is 0 Å². The Labute approximate surface area is 403 Å². The summed E-state index contributed by atoms with van der Waals surface area (Å²) in [6, 6.07) is 44.8. The fraction of sp³-hybridized carbons (Fsp3) is 0.125. The van der Waals surface area contributed by atoms with Crippen LogP contribution < -0.4 is 33.5 Å². The number of carboxylic acids is 1. The van der Waals surface area contributed by atoms with Crippen LogP contribution in [-0.4, -0.2) is 67.6 Å². The third-order valence-electron chi connectivity index (χ3n) is 7.84. The van der Waals surface area contributed by atoms with Crippen molar-refractivity contribution in [2.45, 2.75) is 0 Å². The zero-order valence-electron chi connectivity index (χ0n) is 36.1. The number of hydrogen-bond acceptors (Lipinski definition) is 11. The van der Waals surface area contributed by atoms with Crippen LogP contribution in [0, 0.1) is 0 Å². The molecule has 0 atom stereocenters. The molecule has 0 saturated carbocycles. The van der Waals surface area contributed by atoms with Crippen molar-refractivity contribution in [1.82, 2.24) is 0 Å². The third-order valence-corrected chi connectivity index (χ3v) is 7.84. The van der Waals surface area contributed by atoms with E-state index in [0.717, 1.165) is 74.7 Å². The second-order valence-electron chi connectivity index (χ2n) is 11.8. The van der Waals surface area contributed by atoms with E-state index in [2.05, 4.69) is 37.5 Å². The zero-order chi connectivity index (χ0) is 44.8. The first-order valence-corrected chi connectivity index (χ1v) is 18.6. The molecule has 0 N–H and O–H groups in total. The molecule has 0 fully saturated rings. The first-order valence-electron chi connectivity index (χ1n) is 18.6. The van der Waals surface area contributed by atoms with Crippen LogP contribution in [0.2, 0.25) is 0 Å². The van der Waals surface area contributed by atoms with Crippen LogP contribution in [0.5, 0.6) is 34.5 Å². The molecule has 6 aromatic rings. The second kappa shape index (κ2) is 32.8. The number of methoxy groups -OCH3 is 6. The molecule has 0 amide bonds. The minimum atomic E-state index is -1.23. The summed E-state index contributed by atoms with van der Waals surface area (Å²) in [5.41, 5.74) is 4.99. The SMILES string of the molecule is C=CC(=O)[O-].COc1ccc(N=C[N-]c2ccc(OC)cc2)cc1.COc1ccc(N=C[N-]c2ccc(OC)cc2)cc1.COc1ccc(N=C[N-]c2ccc(OC)cc2)cc1.[Mo+2].[Mo+2]. The molecule has 6 aromatic carbocycles. The van der Waals surface area contributed by atoms with E-state index < -0.39 is 5.97 Å². The Morgan fingerprint density at radius 1 is 0.406 bits per heavy atom. The molecule has 0 heterocycles. The fourth-order valence-electron chi connectivity index (χ4n) is 4.50.